The Kier molecular flexibility index (Phi) is 5.71. The normalized spacial score (nSPS) is 12.8. The molecule has 0 aliphatic carbocycles. The van der Waals surface area contributed by atoms with Gasteiger partial charge in [-0.05, 0) is 48.2 Å². The molecule has 0 saturated heterocycles. The van der Waals surface area contributed by atoms with Crippen LogP contribution in [-0.2, 0) is 6.18 Å². The van der Waals surface area contributed by atoms with E-state index in [2.05, 4.69) is 11.1 Å². The molecule has 0 N–H and O–H groups in total. The van der Waals surface area contributed by atoms with Gasteiger partial charge in [0.25, 0.3) is 0 Å². The van der Waals surface area contributed by atoms with Crippen molar-refractivity contribution in [1.82, 2.24) is 4.90 Å². The van der Waals surface area contributed by atoms with Crippen molar-refractivity contribution in [1.29, 1.82) is 5.26 Å². The van der Waals surface area contributed by atoms with Gasteiger partial charge in [-0.2, -0.15) is 18.4 Å². The Hall–Kier alpha value is -2.81. The minimum absolute atomic E-state index is 0.328. The van der Waals surface area contributed by atoms with Crippen molar-refractivity contribution in [2.45, 2.75) is 25.9 Å². The lowest BCUT2D eigenvalue weighted by atomic mass is 9.87. The predicted octanol–water partition coefficient (Wildman–Crippen LogP) is 5.20. The van der Waals surface area contributed by atoms with Crippen LogP contribution in [0.25, 0.3) is 0 Å². The Labute approximate surface area is 151 Å². The summed E-state index contributed by atoms with van der Waals surface area (Å²) in [4.78, 5) is 6.19. The SMILES string of the molecule is Cc1cc(C(C#N)c2cccc(C(F)(F)F)c2)c(C)cc1N=CN(C)C. The fourth-order valence-electron chi connectivity index (χ4n) is 2.67. The van der Waals surface area contributed by atoms with Crippen molar-refractivity contribution < 1.29 is 13.2 Å². The molecule has 0 heterocycles. The van der Waals surface area contributed by atoms with Crippen LogP contribution in [0.2, 0.25) is 0 Å². The molecule has 0 bridgehead atoms. The first-order valence-electron chi connectivity index (χ1n) is 8.02. The summed E-state index contributed by atoms with van der Waals surface area (Å²) in [5.41, 5.74) is 2.70. The molecule has 136 valence electrons. The van der Waals surface area contributed by atoms with Crippen LogP contribution in [0.3, 0.4) is 0 Å². The molecule has 0 aliphatic rings. The second-order valence-corrected chi connectivity index (χ2v) is 6.39. The molecule has 6 heteroatoms. The summed E-state index contributed by atoms with van der Waals surface area (Å²) in [6, 6.07) is 10.7. The minimum Gasteiger partial charge on any atom is -0.369 e. The van der Waals surface area contributed by atoms with Gasteiger partial charge in [-0.3, -0.25) is 0 Å². The van der Waals surface area contributed by atoms with Crippen molar-refractivity contribution in [2.24, 2.45) is 4.99 Å². The van der Waals surface area contributed by atoms with E-state index >= 15 is 0 Å². The molecular weight excluding hydrogens is 339 g/mol. The van der Waals surface area contributed by atoms with Crippen molar-refractivity contribution in [3.63, 3.8) is 0 Å². The van der Waals surface area contributed by atoms with Gasteiger partial charge in [0, 0.05) is 14.1 Å². The largest absolute Gasteiger partial charge is 0.416 e. The zero-order valence-electron chi connectivity index (χ0n) is 15.1. The molecule has 1 atom stereocenters. The first-order chi connectivity index (χ1) is 12.1. The zero-order chi connectivity index (χ0) is 19.5. The Balaban J connectivity index is 2.49. The molecule has 2 rings (SSSR count). The van der Waals surface area contributed by atoms with E-state index in [-0.39, 0.29) is 0 Å². The molecule has 3 nitrogen and oxygen atoms in total. The molecule has 0 amide bonds. The summed E-state index contributed by atoms with van der Waals surface area (Å²) in [6.45, 7) is 3.70. The van der Waals surface area contributed by atoms with Gasteiger partial charge in [0.15, 0.2) is 0 Å². The van der Waals surface area contributed by atoms with Crippen LogP contribution in [0.1, 0.15) is 33.7 Å². The van der Waals surface area contributed by atoms with E-state index in [1.807, 2.05) is 45.0 Å². The Bertz CT molecular complexity index is 862. The Morgan fingerprint density at radius 1 is 1.12 bits per heavy atom. The average Bonchev–Trinajstić information content (AvgIpc) is 2.56. The summed E-state index contributed by atoms with van der Waals surface area (Å²) in [5.74, 6) is -0.775. The number of nitriles is 1. The fourth-order valence-corrected chi connectivity index (χ4v) is 2.67. The number of hydrogen-bond acceptors (Lipinski definition) is 2. The third-order valence-electron chi connectivity index (χ3n) is 4.00. The number of aliphatic imine (C=N–C) groups is 1. The summed E-state index contributed by atoms with van der Waals surface area (Å²) in [7, 11) is 3.72. The van der Waals surface area contributed by atoms with Crippen LogP contribution in [-0.4, -0.2) is 25.3 Å². The highest BCUT2D eigenvalue weighted by atomic mass is 19.4. The number of hydrogen-bond donors (Lipinski definition) is 0. The minimum atomic E-state index is -4.44. The van der Waals surface area contributed by atoms with Gasteiger partial charge in [-0.25, -0.2) is 4.99 Å². The number of alkyl halides is 3. The third kappa shape index (κ3) is 4.42. The third-order valence-corrected chi connectivity index (χ3v) is 4.00. The van der Waals surface area contributed by atoms with E-state index in [1.54, 1.807) is 12.4 Å². The van der Waals surface area contributed by atoms with Gasteiger partial charge in [-0.15, -0.1) is 0 Å². The lowest BCUT2D eigenvalue weighted by Gasteiger charge is -2.17. The highest BCUT2D eigenvalue weighted by Crippen LogP contribution is 2.35. The molecule has 0 radical (unpaired) electrons. The molecule has 2 aromatic carbocycles. The second-order valence-electron chi connectivity index (χ2n) is 6.39. The monoisotopic (exact) mass is 359 g/mol. The van der Waals surface area contributed by atoms with E-state index in [0.29, 0.717) is 11.1 Å². The first kappa shape index (κ1) is 19.5. The van der Waals surface area contributed by atoms with Crippen LogP contribution >= 0.6 is 0 Å². The maximum atomic E-state index is 13.0. The predicted molar refractivity (Wildman–Crippen MR) is 96.7 cm³/mol. The topological polar surface area (TPSA) is 39.4 Å². The average molecular weight is 359 g/mol. The van der Waals surface area contributed by atoms with Crippen LogP contribution in [0.5, 0.6) is 0 Å². The van der Waals surface area contributed by atoms with E-state index in [0.717, 1.165) is 28.9 Å². The van der Waals surface area contributed by atoms with E-state index in [4.69, 9.17) is 0 Å². The fraction of sp³-hybridized carbons (Fsp3) is 0.300. The maximum Gasteiger partial charge on any atom is 0.416 e. The molecule has 0 fully saturated rings. The summed E-state index contributed by atoms with van der Waals surface area (Å²) < 4.78 is 38.9. The summed E-state index contributed by atoms with van der Waals surface area (Å²) in [6.07, 6.45) is -2.76. The van der Waals surface area contributed by atoms with Crippen LogP contribution in [0.4, 0.5) is 18.9 Å². The number of halogens is 3. The molecule has 26 heavy (non-hydrogen) atoms. The summed E-state index contributed by atoms with van der Waals surface area (Å²) in [5, 5.41) is 9.62. The number of rotatable bonds is 4. The molecule has 0 spiro atoms. The molecule has 0 aromatic heterocycles. The van der Waals surface area contributed by atoms with E-state index in [9.17, 15) is 18.4 Å². The van der Waals surface area contributed by atoms with Gasteiger partial charge in [0.05, 0.1) is 29.6 Å². The summed E-state index contributed by atoms with van der Waals surface area (Å²) >= 11 is 0. The van der Waals surface area contributed by atoms with Gasteiger partial charge in [-0.1, -0.05) is 24.3 Å². The van der Waals surface area contributed by atoms with Gasteiger partial charge >= 0.3 is 6.18 Å². The molecular formula is C20H20F3N3. The highest BCUT2D eigenvalue weighted by molar-refractivity contribution is 5.64. The maximum absolute atomic E-state index is 13.0. The molecule has 2 aromatic rings. The molecule has 0 aliphatic heterocycles. The Morgan fingerprint density at radius 2 is 1.81 bits per heavy atom. The Morgan fingerprint density at radius 3 is 2.38 bits per heavy atom. The van der Waals surface area contributed by atoms with E-state index in [1.165, 1.54) is 6.07 Å². The van der Waals surface area contributed by atoms with Crippen molar-refractivity contribution in [3.05, 3.63) is 64.2 Å². The second kappa shape index (κ2) is 7.61. The van der Waals surface area contributed by atoms with E-state index < -0.39 is 17.7 Å². The van der Waals surface area contributed by atoms with Crippen LogP contribution in [0, 0.1) is 25.2 Å². The van der Waals surface area contributed by atoms with Crippen molar-refractivity contribution in [2.75, 3.05) is 14.1 Å². The van der Waals surface area contributed by atoms with Crippen molar-refractivity contribution >= 4 is 12.0 Å². The van der Waals surface area contributed by atoms with Crippen LogP contribution < -0.4 is 0 Å². The number of aryl methyl sites for hydroxylation is 2. The quantitative estimate of drug-likeness (QED) is 0.556. The smallest absolute Gasteiger partial charge is 0.369 e. The van der Waals surface area contributed by atoms with Gasteiger partial charge in [0.1, 0.15) is 0 Å². The van der Waals surface area contributed by atoms with Crippen LogP contribution in [0.15, 0.2) is 41.4 Å². The number of benzene rings is 2. The first-order valence-corrected chi connectivity index (χ1v) is 8.02. The molecule has 0 saturated carbocycles. The van der Waals surface area contributed by atoms with Gasteiger partial charge in [0.2, 0.25) is 0 Å². The standard InChI is InChI=1S/C20H20F3N3/c1-13-9-19(25-12-26(3)4)14(2)8-17(13)18(11-24)15-6-5-7-16(10-15)20(21,22)23/h5-10,12,18H,1-4H3. The lowest BCUT2D eigenvalue weighted by Crippen LogP contribution is -2.08. The lowest BCUT2D eigenvalue weighted by molar-refractivity contribution is -0.137. The van der Waals surface area contributed by atoms with Crippen molar-refractivity contribution in [3.8, 4) is 6.07 Å². The van der Waals surface area contributed by atoms with Gasteiger partial charge < -0.3 is 4.90 Å². The number of nitrogens with zero attached hydrogens (tertiary/aromatic N) is 3. The zero-order valence-corrected chi connectivity index (χ0v) is 15.1. The highest BCUT2D eigenvalue weighted by Gasteiger charge is 2.31. The molecule has 1 unspecified atom stereocenters.